The van der Waals surface area contributed by atoms with E-state index in [1.165, 1.54) is 19.3 Å². The Hall–Kier alpha value is -0.770. The average molecular weight is 256 g/mol. The van der Waals surface area contributed by atoms with Crippen molar-refractivity contribution in [2.75, 3.05) is 13.1 Å². The molecule has 0 aromatic carbocycles. The summed E-state index contributed by atoms with van der Waals surface area (Å²) in [5.74, 6) is 0.540. The number of ether oxygens (including phenoxy) is 1. The zero-order valence-electron chi connectivity index (χ0n) is 12.2. The van der Waals surface area contributed by atoms with Crippen LogP contribution < -0.4 is 5.73 Å². The van der Waals surface area contributed by atoms with Crippen LogP contribution in [-0.4, -0.2) is 35.7 Å². The van der Waals surface area contributed by atoms with Crippen molar-refractivity contribution in [1.82, 2.24) is 4.90 Å². The van der Waals surface area contributed by atoms with Gasteiger partial charge in [-0.05, 0) is 39.5 Å². The number of hydrogen-bond donors (Lipinski definition) is 1. The lowest BCUT2D eigenvalue weighted by molar-refractivity contribution is 0.00618. The second kappa shape index (κ2) is 6.41. The maximum Gasteiger partial charge on any atom is 0.410 e. The van der Waals surface area contributed by atoms with Gasteiger partial charge in [0.25, 0.3) is 0 Å². The minimum atomic E-state index is -0.443. The third-order valence-electron chi connectivity index (χ3n) is 3.46. The highest BCUT2D eigenvalue weighted by molar-refractivity contribution is 5.68. The largest absolute Gasteiger partial charge is 0.444 e. The summed E-state index contributed by atoms with van der Waals surface area (Å²) in [6.07, 6.45) is 4.50. The Labute approximate surface area is 111 Å². The van der Waals surface area contributed by atoms with Gasteiger partial charge in [0.1, 0.15) is 5.60 Å². The fourth-order valence-corrected chi connectivity index (χ4v) is 2.61. The molecule has 2 atom stereocenters. The highest BCUT2D eigenvalue weighted by Gasteiger charge is 2.32. The van der Waals surface area contributed by atoms with Crippen LogP contribution in [0.25, 0.3) is 0 Å². The van der Waals surface area contributed by atoms with Crippen molar-refractivity contribution in [2.24, 2.45) is 11.7 Å². The van der Waals surface area contributed by atoms with Gasteiger partial charge in [-0.3, -0.25) is 0 Å². The molecule has 0 bridgehead atoms. The van der Waals surface area contributed by atoms with Gasteiger partial charge in [-0.2, -0.15) is 0 Å². The van der Waals surface area contributed by atoms with Crippen molar-refractivity contribution in [2.45, 2.75) is 65.0 Å². The van der Waals surface area contributed by atoms with Crippen LogP contribution in [0.2, 0.25) is 0 Å². The molecule has 4 nitrogen and oxygen atoms in total. The van der Waals surface area contributed by atoms with E-state index >= 15 is 0 Å². The van der Waals surface area contributed by atoms with Crippen LogP contribution in [0.15, 0.2) is 0 Å². The Kier molecular flexibility index (Phi) is 5.45. The number of nitrogens with zero attached hydrogens (tertiary/aromatic N) is 1. The maximum absolute atomic E-state index is 12.2. The topological polar surface area (TPSA) is 55.6 Å². The van der Waals surface area contributed by atoms with E-state index in [9.17, 15) is 4.79 Å². The SMILES string of the molecule is CC1CCCCC1N(CCN)C(=O)OC(C)(C)C. The second-order valence-electron chi connectivity index (χ2n) is 6.29. The number of carbonyl (C=O) groups excluding carboxylic acids is 1. The monoisotopic (exact) mass is 256 g/mol. The molecule has 1 rings (SSSR count). The lowest BCUT2D eigenvalue weighted by Crippen LogP contribution is -2.49. The molecule has 1 aliphatic carbocycles. The summed E-state index contributed by atoms with van der Waals surface area (Å²) in [5, 5.41) is 0. The predicted octanol–water partition coefficient (Wildman–Crippen LogP) is 2.76. The van der Waals surface area contributed by atoms with Gasteiger partial charge in [0.15, 0.2) is 0 Å². The minimum absolute atomic E-state index is 0.216. The molecule has 1 amide bonds. The van der Waals surface area contributed by atoms with Gasteiger partial charge in [0, 0.05) is 19.1 Å². The maximum atomic E-state index is 12.2. The van der Waals surface area contributed by atoms with E-state index in [4.69, 9.17) is 10.5 Å². The van der Waals surface area contributed by atoms with E-state index < -0.39 is 5.60 Å². The Morgan fingerprint density at radius 2 is 1.94 bits per heavy atom. The molecule has 1 fully saturated rings. The molecule has 0 spiro atoms. The summed E-state index contributed by atoms with van der Waals surface area (Å²) >= 11 is 0. The number of amides is 1. The zero-order chi connectivity index (χ0) is 13.8. The predicted molar refractivity (Wildman–Crippen MR) is 73.4 cm³/mol. The second-order valence-corrected chi connectivity index (χ2v) is 6.29. The van der Waals surface area contributed by atoms with Crippen LogP contribution in [-0.2, 0) is 4.74 Å². The van der Waals surface area contributed by atoms with Gasteiger partial charge in [0.05, 0.1) is 0 Å². The molecule has 18 heavy (non-hydrogen) atoms. The van der Waals surface area contributed by atoms with Gasteiger partial charge >= 0.3 is 6.09 Å². The van der Waals surface area contributed by atoms with Crippen LogP contribution in [0.3, 0.4) is 0 Å². The molecular weight excluding hydrogens is 228 g/mol. The minimum Gasteiger partial charge on any atom is -0.444 e. The standard InChI is InChI=1S/C14H28N2O2/c1-11-7-5-6-8-12(11)16(10-9-15)13(17)18-14(2,3)4/h11-12H,5-10,15H2,1-4H3. The Morgan fingerprint density at radius 1 is 1.33 bits per heavy atom. The summed E-state index contributed by atoms with van der Waals surface area (Å²) in [7, 11) is 0. The van der Waals surface area contributed by atoms with E-state index in [1.54, 1.807) is 0 Å². The van der Waals surface area contributed by atoms with Gasteiger partial charge in [-0.25, -0.2) is 4.79 Å². The molecule has 106 valence electrons. The first-order chi connectivity index (χ1) is 8.35. The Bertz CT molecular complexity index is 273. The van der Waals surface area contributed by atoms with Crippen LogP contribution in [0.1, 0.15) is 53.4 Å². The molecular formula is C14H28N2O2. The van der Waals surface area contributed by atoms with Crippen molar-refractivity contribution in [3.63, 3.8) is 0 Å². The molecule has 0 heterocycles. The molecule has 0 aromatic rings. The number of carbonyl (C=O) groups is 1. The van der Waals surface area contributed by atoms with Crippen molar-refractivity contribution in [1.29, 1.82) is 0 Å². The lowest BCUT2D eigenvalue weighted by atomic mass is 9.85. The average Bonchev–Trinajstić information content (AvgIpc) is 2.24. The normalized spacial score (nSPS) is 24.7. The first kappa shape index (κ1) is 15.3. The van der Waals surface area contributed by atoms with Crippen LogP contribution in [0, 0.1) is 5.92 Å². The first-order valence-corrected chi connectivity index (χ1v) is 7.05. The molecule has 0 aromatic heterocycles. The van der Waals surface area contributed by atoms with Crippen LogP contribution >= 0.6 is 0 Å². The number of nitrogens with two attached hydrogens (primary N) is 1. The molecule has 1 saturated carbocycles. The summed E-state index contributed by atoms with van der Waals surface area (Å²) in [6.45, 7) is 8.99. The quantitative estimate of drug-likeness (QED) is 0.844. The molecule has 2 unspecified atom stereocenters. The van der Waals surface area contributed by atoms with E-state index in [0.29, 0.717) is 19.0 Å². The molecule has 2 N–H and O–H groups in total. The van der Waals surface area contributed by atoms with E-state index in [1.807, 2.05) is 25.7 Å². The van der Waals surface area contributed by atoms with E-state index in [2.05, 4.69) is 6.92 Å². The molecule has 0 saturated heterocycles. The van der Waals surface area contributed by atoms with E-state index in [0.717, 1.165) is 6.42 Å². The Morgan fingerprint density at radius 3 is 2.44 bits per heavy atom. The van der Waals surface area contributed by atoms with Gasteiger partial charge < -0.3 is 15.4 Å². The lowest BCUT2D eigenvalue weighted by Gasteiger charge is -2.39. The first-order valence-electron chi connectivity index (χ1n) is 7.05. The summed E-state index contributed by atoms with van der Waals surface area (Å²) in [5.41, 5.74) is 5.19. The van der Waals surface area contributed by atoms with Crippen LogP contribution in [0.5, 0.6) is 0 Å². The third kappa shape index (κ3) is 4.48. The fraction of sp³-hybridized carbons (Fsp3) is 0.929. The molecule has 4 heteroatoms. The highest BCUT2D eigenvalue weighted by atomic mass is 16.6. The van der Waals surface area contributed by atoms with Gasteiger partial charge in [0.2, 0.25) is 0 Å². The van der Waals surface area contributed by atoms with Crippen LogP contribution in [0.4, 0.5) is 4.79 Å². The Balaban J connectivity index is 2.71. The highest BCUT2D eigenvalue weighted by Crippen LogP contribution is 2.28. The zero-order valence-corrected chi connectivity index (χ0v) is 12.2. The summed E-state index contributed by atoms with van der Waals surface area (Å²) < 4.78 is 5.49. The van der Waals surface area contributed by atoms with E-state index in [-0.39, 0.29) is 12.1 Å². The van der Waals surface area contributed by atoms with Gasteiger partial charge in [-0.15, -0.1) is 0 Å². The molecule has 1 aliphatic rings. The van der Waals surface area contributed by atoms with Crippen molar-refractivity contribution in [3.8, 4) is 0 Å². The van der Waals surface area contributed by atoms with Crippen molar-refractivity contribution >= 4 is 6.09 Å². The number of rotatable bonds is 3. The fourth-order valence-electron chi connectivity index (χ4n) is 2.61. The molecule has 0 radical (unpaired) electrons. The number of hydrogen-bond acceptors (Lipinski definition) is 3. The van der Waals surface area contributed by atoms with Crippen molar-refractivity contribution < 1.29 is 9.53 Å². The van der Waals surface area contributed by atoms with Gasteiger partial charge in [-0.1, -0.05) is 19.8 Å². The summed E-state index contributed by atoms with van der Waals surface area (Å²) in [4.78, 5) is 14.1. The van der Waals surface area contributed by atoms with Crippen molar-refractivity contribution in [3.05, 3.63) is 0 Å². The molecule has 0 aliphatic heterocycles. The third-order valence-corrected chi connectivity index (χ3v) is 3.46. The summed E-state index contributed by atoms with van der Waals surface area (Å²) in [6, 6.07) is 0.289. The smallest absolute Gasteiger partial charge is 0.410 e.